The molecule has 18 heavy (non-hydrogen) atoms. The highest BCUT2D eigenvalue weighted by Gasteiger charge is 2.19. The zero-order valence-corrected chi connectivity index (χ0v) is 11.1. The second-order valence-corrected chi connectivity index (χ2v) is 4.62. The number of nitrogens with zero attached hydrogens (tertiary/aromatic N) is 2. The molecule has 0 aliphatic heterocycles. The van der Waals surface area contributed by atoms with Gasteiger partial charge < -0.3 is 0 Å². The van der Waals surface area contributed by atoms with Crippen LogP contribution in [0, 0.1) is 13.8 Å². The Morgan fingerprint density at radius 1 is 1.28 bits per heavy atom. The van der Waals surface area contributed by atoms with Crippen molar-refractivity contribution < 1.29 is 0 Å². The number of benzene rings is 1. The van der Waals surface area contributed by atoms with E-state index >= 15 is 0 Å². The first-order valence-electron chi connectivity index (χ1n) is 6.13. The SMILES string of the molecule is Cc1nn(C)c(C)c1C(Cc1ccccc1)NN. The van der Waals surface area contributed by atoms with Gasteiger partial charge in [-0.2, -0.15) is 5.10 Å². The van der Waals surface area contributed by atoms with Gasteiger partial charge in [0.25, 0.3) is 0 Å². The summed E-state index contributed by atoms with van der Waals surface area (Å²) in [5.41, 5.74) is 7.57. The van der Waals surface area contributed by atoms with Crippen LogP contribution >= 0.6 is 0 Å². The number of hydrogen-bond acceptors (Lipinski definition) is 3. The fraction of sp³-hybridized carbons (Fsp3) is 0.357. The van der Waals surface area contributed by atoms with Crippen molar-refractivity contribution in [1.29, 1.82) is 0 Å². The van der Waals surface area contributed by atoms with Crippen molar-refractivity contribution in [2.75, 3.05) is 0 Å². The molecule has 0 aliphatic rings. The molecule has 2 rings (SSSR count). The van der Waals surface area contributed by atoms with Gasteiger partial charge in [0.15, 0.2) is 0 Å². The Bertz CT molecular complexity index is 516. The van der Waals surface area contributed by atoms with Crippen molar-refractivity contribution in [1.82, 2.24) is 15.2 Å². The zero-order valence-electron chi connectivity index (χ0n) is 11.1. The Balaban J connectivity index is 2.29. The number of nitrogens with two attached hydrogens (primary N) is 1. The Labute approximate surface area is 108 Å². The minimum absolute atomic E-state index is 0.0982. The average molecular weight is 244 g/mol. The van der Waals surface area contributed by atoms with E-state index in [9.17, 15) is 0 Å². The number of hydrazine groups is 1. The lowest BCUT2D eigenvalue weighted by atomic mass is 9.98. The van der Waals surface area contributed by atoms with Crippen molar-refractivity contribution in [2.45, 2.75) is 26.3 Å². The van der Waals surface area contributed by atoms with E-state index in [1.807, 2.05) is 36.9 Å². The molecule has 0 radical (unpaired) electrons. The first kappa shape index (κ1) is 12.8. The number of hydrogen-bond donors (Lipinski definition) is 2. The van der Waals surface area contributed by atoms with E-state index < -0.39 is 0 Å². The van der Waals surface area contributed by atoms with Gasteiger partial charge in [0.1, 0.15) is 0 Å². The second-order valence-electron chi connectivity index (χ2n) is 4.62. The van der Waals surface area contributed by atoms with Gasteiger partial charge in [0.05, 0.1) is 11.7 Å². The molecule has 1 aromatic heterocycles. The maximum atomic E-state index is 5.71. The van der Waals surface area contributed by atoms with Gasteiger partial charge in [-0.1, -0.05) is 30.3 Å². The number of nitrogens with one attached hydrogen (secondary N) is 1. The maximum absolute atomic E-state index is 5.71. The molecule has 0 saturated carbocycles. The Morgan fingerprint density at radius 2 is 1.94 bits per heavy atom. The van der Waals surface area contributed by atoms with E-state index in [1.54, 1.807) is 0 Å². The summed E-state index contributed by atoms with van der Waals surface area (Å²) in [7, 11) is 1.96. The first-order chi connectivity index (χ1) is 8.63. The van der Waals surface area contributed by atoms with Crippen LogP contribution in [0.2, 0.25) is 0 Å². The van der Waals surface area contributed by atoms with Crippen LogP contribution in [-0.2, 0) is 13.5 Å². The smallest absolute Gasteiger partial charge is 0.0644 e. The highest BCUT2D eigenvalue weighted by atomic mass is 15.3. The molecule has 1 aromatic carbocycles. The van der Waals surface area contributed by atoms with Crippen molar-refractivity contribution in [3.05, 3.63) is 52.8 Å². The van der Waals surface area contributed by atoms with Crippen LogP contribution in [0.4, 0.5) is 0 Å². The molecule has 0 fully saturated rings. The molecule has 4 heteroatoms. The maximum Gasteiger partial charge on any atom is 0.0644 e. The van der Waals surface area contributed by atoms with Crippen molar-refractivity contribution in [3.63, 3.8) is 0 Å². The normalized spacial score (nSPS) is 12.7. The third-order valence-corrected chi connectivity index (χ3v) is 3.40. The van der Waals surface area contributed by atoms with Crippen LogP contribution in [-0.4, -0.2) is 9.78 Å². The van der Waals surface area contributed by atoms with E-state index in [4.69, 9.17) is 5.84 Å². The molecule has 0 spiro atoms. The van der Waals surface area contributed by atoms with E-state index in [-0.39, 0.29) is 6.04 Å². The first-order valence-corrected chi connectivity index (χ1v) is 6.13. The molecular formula is C14H20N4. The van der Waals surface area contributed by atoms with Gasteiger partial charge in [0, 0.05) is 18.3 Å². The van der Waals surface area contributed by atoms with Gasteiger partial charge in [-0.05, 0) is 25.8 Å². The largest absolute Gasteiger partial charge is 0.272 e. The van der Waals surface area contributed by atoms with Gasteiger partial charge in [-0.15, -0.1) is 0 Å². The molecule has 3 N–H and O–H groups in total. The number of aromatic nitrogens is 2. The van der Waals surface area contributed by atoms with E-state index in [2.05, 4.69) is 29.6 Å². The summed E-state index contributed by atoms with van der Waals surface area (Å²) in [6.45, 7) is 4.10. The third kappa shape index (κ3) is 2.44. The summed E-state index contributed by atoms with van der Waals surface area (Å²) in [5, 5.41) is 4.44. The minimum atomic E-state index is 0.0982. The predicted molar refractivity (Wildman–Crippen MR) is 72.9 cm³/mol. The lowest BCUT2D eigenvalue weighted by molar-refractivity contribution is 0.546. The lowest BCUT2D eigenvalue weighted by Crippen LogP contribution is -2.30. The predicted octanol–water partition coefficient (Wildman–Crippen LogP) is 1.78. The Kier molecular flexibility index (Phi) is 3.79. The third-order valence-electron chi connectivity index (χ3n) is 3.40. The Hall–Kier alpha value is -1.65. The monoisotopic (exact) mass is 244 g/mol. The fourth-order valence-electron chi connectivity index (χ4n) is 2.39. The summed E-state index contributed by atoms with van der Waals surface area (Å²) in [4.78, 5) is 0. The van der Waals surface area contributed by atoms with E-state index in [1.165, 1.54) is 11.1 Å². The molecule has 1 atom stereocenters. The highest BCUT2D eigenvalue weighted by Crippen LogP contribution is 2.23. The number of rotatable bonds is 4. The van der Waals surface area contributed by atoms with E-state index in [0.717, 1.165) is 17.8 Å². The van der Waals surface area contributed by atoms with Gasteiger partial charge in [0.2, 0.25) is 0 Å². The molecule has 1 unspecified atom stereocenters. The lowest BCUT2D eigenvalue weighted by Gasteiger charge is -2.17. The summed E-state index contributed by atoms with van der Waals surface area (Å²) < 4.78 is 1.90. The Morgan fingerprint density at radius 3 is 2.44 bits per heavy atom. The molecule has 0 aliphatic carbocycles. The molecule has 0 bridgehead atoms. The standard InChI is InChI=1S/C14H20N4/c1-10-14(11(2)18(3)17-10)13(16-15)9-12-7-5-4-6-8-12/h4-8,13,16H,9,15H2,1-3H3. The van der Waals surface area contributed by atoms with Gasteiger partial charge >= 0.3 is 0 Å². The van der Waals surface area contributed by atoms with Crippen LogP contribution in [0.25, 0.3) is 0 Å². The molecule has 1 heterocycles. The zero-order chi connectivity index (χ0) is 13.1. The average Bonchev–Trinajstić information content (AvgIpc) is 2.62. The number of aryl methyl sites for hydroxylation is 2. The minimum Gasteiger partial charge on any atom is -0.272 e. The summed E-state index contributed by atoms with van der Waals surface area (Å²) in [5.74, 6) is 5.71. The van der Waals surface area contributed by atoms with E-state index in [0.29, 0.717) is 0 Å². The molecule has 4 nitrogen and oxygen atoms in total. The van der Waals surface area contributed by atoms with Crippen LogP contribution in [0.1, 0.15) is 28.6 Å². The topological polar surface area (TPSA) is 55.9 Å². The summed E-state index contributed by atoms with van der Waals surface area (Å²) in [6.07, 6.45) is 0.866. The summed E-state index contributed by atoms with van der Waals surface area (Å²) in [6, 6.07) is 10.4. The van der Waals surface area contributed by atoms with Crippen LogP contribution in [0.3, 0.4) is 0 Å². The molecular weight excluding hydrogens is 224 g/mol. The second kappa shape index (κ2) is 5.33. The van der Waals surface area contributed by atoms with Gasteiger partial charge in [-0.25, -0.2) is 0 Å². The van der Waals surface area contributed by atoms with Crippen molar-refractivity contribution in [3.8, 4) is 0 Å². The fourth-order valence-corrected chi connectivity index (χ4v) is 2.39. The van der Waals surface area contributed by atoms with Gasteiger partial charge in [-0.3, -0.25) is 16.0 Å². The molecule has 2 aromatic rings. The van der Waals surface area contributed by atoms with Crippen LogP contribution in [0.5, 0.6) is 0 Å². The van der Waals surface area contributed by atoms with Crippen molar-refractivity contribution in [2.24, 2.45) is 12.9 Å². The van der Waals surface area contributed by atoms with Crippen LogP contribution < -0.4 is 11.3 Å². The molecule has 0 saturated heterocycles. The summed E-state index contributed by atoms with van der Waals surface area (Å²) >= 11 is 0. The quantitative estimate of drug-likeness (QED) is 0.637. The molecule has 0 amide bonds. The van der Waals surface area contributed by atoms with Crippen LogP contribution in [0.15, 0.2) is 30.3 Å². The highest BCUT2D eigenvalue weighted by molar-refractivity contribution is 5.30. The van der Waals surface area contributed by atoms with Crippen molar-refractivity contribution >= 4 is 0 Å². The molecule has 96 valence electrons.